The molecule has 1 aliphatic rings. The molecule has 1 aliphatic heterocycles. The van der Waals surface area contributed by atoms with Crippen molar-refractivity contribution in [2.75, 3.05) is 6.54 Å². The lowest BCUT2D eigenvalue weighted by Gasteiger charge is -2.16. The topological polar surface area (TPSA) is 76.8 Å². The average Bonchev–Trinajstić information content (AvgIpc) is 3.35. The van der Waals surface area contributed by atoms with E-state index in [1.165, 1.54) is 35.3 Å². The summed E-state index contributed by atoms with van der Waals surface area (Å²) in [6.45, 7) is 0.000923. The molecule has 4 rings (SSSR count). The number of aryl methyl sites for hydroxylation is 1. The summed E-state index contributed by atoms with van der Waals surface area (Å²) in [5.74, 6) is -0.887. The number of ether oxygens (including phenoxy) is 1. The zero-order valence-corrected chi connectivity index (χ0v) is 17.0. The van der Waals surface area contributed by atoms with Crippen molar-refractivity contribution in [2.24, 2.45) is 12.1 Å². The molecule has 0 amide bonds. The van der Waals surface area contributed by atoms with Crippen LogP contribution in [0.5, 0.6) is 5.75 Å². The molecular formula is C20H17F3N4O3S. The van der Waals surface area contributed by atoms with E-state index in [4.69, 9.17) is 0 Å². The lowest BCUT2D eigenvalue weighted by molar-refractivity contribution is -0.274. The van der Waals surface area contributed by atoms with Crippen LogP contribution in [0.15, 0.2) is 77.0 Å². The molecule has 0 saturated heterocycles. The highest BCUT2D eigenvalue weighted by molar-refractivity contribution is 7.89. The van der Waals surface area contributed by atoms with Gasteiger partial charge in [-0.3, -0.25) is 4.68 Å². The third-order valence-corrected chi connectivity index (χ3v) is 6.30. The zero-order valence-electron chi connectivity index (χ0n) is 16.2. The normalized spacial score (nSPS) is 17.0. The predicted molar refractivity (Wildman–Crippen MR) is 106 cm³/mol. The van der Waals surface area contributed by atoms with Crippen molar-refractivity contribution in [3.8, 4) is 5.75 Å². The summed E-state index contributed by atoms with van der Waals surface area (Å²) in [6.07, 6.45) is -2.26. The summed E-state index contributed by atoms with van der Waals surface area (Å²) in [5.41, 5.74) is 1.44. The Morgan fingerprint density at radius 3 is 2.48 bits per heavy atom. The van der Waals surface area contributed by atoms with Crippen molar-refractivity contribution in [2.45, 2.75) is 17.2 Å². The Kier molecular flexibility index (Phi) is 5.21. The van der Waals surface area contributed by atoms with E-state index in [-0.39, 0.29) is 11.4 Å². The summed E-state index contributed by atoms with van der Waals surface area (Å²) in [4.78, 5) is -0.0269. The average molecular weight is 450 g/mol. The lowest BCUT2D eigenvalue weighted by atomic mass is 9.91. The van der Waals surface area contributed by atoms with Crippen LogP contribution in [0, 0.1) is 0 Å². The fraction of sp³-hybridized carbons (Fsp3) is 0.200. The number of halogens is 3. The maximum Gasteiger partial charge on any atom is 0.573 e. The molecule has 3 aromatic rings. The first-order chi connectivity index (χ1) is 14.6. The Morgan fingerprint density at radius 1 is 1.10 bits per heavy atom. The van der Waals surface area contributed by atoms with Gasteiger partial charge in [-0.2, -0.15) is 23.0 Å². The molecule has 0 spiro atoms. The maximum absolute atomic E-state index is 13.0. The predicted octanol–water partition coefficient (Wildman–Crippen LogP) is 3.51. The fourth-order valence-corrected chi connectivity index (χ4v) is 4.59. The van der Waals surface area contributed by atoms with Gasteiger partial charge in [0.05, 0.1) is 18.5 Å². The number of hydrogen-bond acceptors (Lipinski definition) is 5. The van der Waals surface area contributed by atoms with E-state index in [0.29, 0.717) is 11.3 Å². The SMILES string of the molecule is Cn1cc(S(=O)(=O)N2CC(c3ccccc3)C(c3cccc(OC(F)(F)F)c3)=N2)cn1. The number of alkyl halides is 3. The van der Waals surface area contributed by atoms with E-state index in [2.05, 4.69) is 14.9 Å². The first-order valence-electron chi connectivity index (χ1n) is 9.14. The Balaban J connectivity index is 1.76. The molecule has 11 heteroatoms. The number of rotatable bonds is 5. The van der Waals surface area contributed by atoms with Gasteiger partial charge in [0, 0.05) is 24.7 Å². The van der Waals surface area contributed by atoms with Crippen molar-refractivity contribution in [3.05, 3.63) is 78.1 Å². The van der Waals surface area contributed by atoms with Crippen LogP contribution in [0.25, 0.3) is 0 Å². The van der Waals surface area contributed by atoms with Gasteiger partial charge in [-0.25, -0.2) is 0 Å². The highest BCUT2D eigenvalue weighted by Crippen LogP contribution is 2.33. The van der Waals surface area contributed by atoms with Crippen LogP contribution in [-0.2, 0) is 17.1 Å². The number of sulfonamides is 1. The van der Waals surface area contributed by atoms with Crippen molar-refractivity contribution < 1.29 is 26.3 Å². The van der Waals surface area contributed by atoms with Gasteiger partial charge in [0.25, 0.3) is 10.0 Å². The second-order valence-corrected chi connectivity index (χ2v) is 8.73. The monoisotopic (exact) mass is 450 g/mol. The molecule has 1 atom stereocenters. The molecule has 162 valence electrons. The summed E-state index contributed by atoms with van der Waals surface area (Å²) in [5, 5.41) is 8.19. The number of nitrogens with zero attached hydrogens (tertiary/aromatic N) is 4. The molecule has 31 heavy (non-hydrogen) atoms. The van der Waals surface area contributed by atoms with Gasteiger partial charge < -0.3 is 4.74 Å². The Bertz CT molecular complexity index is 1220. The van der Waals surface area contributed by atoms with E-state index in [9.17, 15) is 21.6 Å². The Morgan fingerprint density at radius 2 is 1.84 bits per heavy atom. The molecule has 0 radical (unpaired) electrons. The lowest BCUT2D eigenvalue weighted by Crippen LogP contribution is -2.25. The second-order valence-electron chi connectivity index (χ2n) is 6.88. The van der Waals surface area contributed by atoms with Crippen LogP contribution >= 0.6 is 0 Å². The number of benzene rings is 2. The summed E-state index contributed by atoms with van der Waals surface area (Å²) in [6, 6.07) is 14.4. The molecule has 0 N–H and O–H groups in total. The van der Waals surface area contributed by atoms with Gasteiger partial charge in [-0.15, -0.1) is 13.2 Å². The Labute approximate surface area is 176 Å². The molecule has 2 heterocycles. The highest BCUT2D eigenvalue weighted by atomic mass is 32.2. The van der Waals surface area contributed by atoms with Gasteiger partial charge in [0.1, 0.15) is 10.6 Å². The first-order valence-corrected chi connectivity index (χ1v) is 10.6. The van der Waals surface area contributed by atoms with E-state index in [1.807, 2.05) is 18.2 Å². The van der Waals surface area contributed by atoms with E-state index in [1.54, 1.807) is 25.2 Å². The Hall–Kier alpha value is -3.34. The van der Waals surface area contributed by atoms with Crippen LogP contribution in [-0.4, -0.2) is 41.2 Å². The van der Waals surface area contributed by atoms with Gasteiger partial charge in [0.15, 0.2) is 0 Å². The molecule has 1 aromatic heterocycles. The van der Waals surface area contributed by atoms with Gasteiger partial charge in [-0.05, 0) is 17.7 Å². The molecule has 1 unspecified atom stereocenters. The van der Waals surface area contributed by atoms with Crippen LogP contribution in [0.3, 0.4) is 0 Å². The third kappa shape index (κ3) is 4.41. The number of hydrazone groups is 1. The standard InChI is InChI=1S/C20H17F3N4O3S/c1-26-12-17(11-24-26)31(28,29)27-13-18(14-6-3-2-4-7-14)19(25-27)15-8-5-9-16(10-15)30-20(21,22)23/h2-12,18H,13H2,1H3. The van der Waals surface area contributed by atoms with Crippen LogP contribution in [0.1, 0.15) is 17.0 Å². The molecule has 0 aliphatic carbocycles. The summed E-state index contributed by atoms with van der Waals surface area (Å²) < 4.78 is 70.4. The highest BCUT2D eigenvalue weighted by Gasteiger charge is 2.37. The minimum atomic E-state index is -4.84. The van der Waals surface area contributed by atoms with Gasteiger partial charge in [0.2, 0.25) is 0 Å². The largest absolute Gasteiger partial charge is 0.573 e. The van der Waals surface area contributed by atoms with Gasteiger partial charge >= 0.3 is 6.36 Å². The van der Waals surface area contributed by atoms with E-state index >= 15 is 0 Å². The van der Waals surface area contributed by atoms with Crippen molar-refractivity contribution in [1.82, 2.24) is 14.2 Å². The number of hydrogen-bond donors (Lipinski definition) is 0. The van der Waals surface area contributed by atoms with Gasteiger partial charge in [-0.1, -0.05) is 42.5 Å². The van der Waals surface area contributed by atoms with Crippen LogP contribution in [0.2, 0.25) is 0 Å². The summed E-state index contributed by atoms with van der Waals surface area (Å²) >= 11 is 0. The quantitative estimate of drug-likeness (QED) is 0.596. The van der Waals surface area contributed by atoms with Crippen LogP contribution < -0.4 is 4.74 Å². The molecule has 0 saturated carbocycles. The molecule has 0 bridgehead atoms. The number of aromatic nitrogens is 2. The van der Waals surface area contributed by atoms with Crippen molar-refractivity contribution in [1.29, 1.82) is 0 Å². The molecule has 7 nitrogen and oxygen atoms in total. The molecular weight excluding hydrogens is 433 g/mol. The smallest absolute Gasteiger partial charge is 0.406 e. The van der Waals surface area contributed by atoms with E-state index < -0.39 is 28.1 Å². The summed E-state index contributed by atoms with van der Waals surface area (Å²) in [7, 11) is -2.39. The first kappa shape index (κ1) is 20.9. The van der Waals surface area contributed by atoms with Crippen LogP contribution in [0.4, 0.5) is 13.2 Å². The fourth-order valence-electron chi connectivity index (χ4n) is 3.34. The minimum absolute atomic E-state index is 0.000923. The maximum atomic E-state index is 13.0. The van der Waals surface area contributed by atoms with Crippen molar-refractivity contribution in [3.63, 3.8) is 0 Å². The third-order valence-electron chi connectivity index (χ3n) is 4.71. The molecule has 2 aromatic carbocycles. The zero-order chi connectivity index (χ0) is 22.2. The van der Waals surface area contributed by atoms with Crippen molar-refractivity contribution >= 4 is 15.7 Å². The van der Waals surface area contributed by atoms with E-state index in [0.717, 1.165) is 9.98 Å². The minimum Gasteiger partial charge on any atom is -0.406 e. The second kappa shape index (κ2) is 7.73. The molecule has 0 fully saturated rings.